The molecule has 1 heterocycles. The van der Waals surface area contributed by atoms with Crippen LogP contribution in [0.5, 0.6) is 0 Å². The monoisotopic (exact) mass is 239 g/mol. The number of hydrogen-bond donors (Lipinski definition) is 4. The van der Waals surface area contributed by atoms with E-state index in [9.17, 15) is 9.59 Å². The fraction of sp³-hybridized carbons (Fsp3) is 0.125. The van der Waals surface area contributed by atoms with Crippen LogP contribution in [0.1, 0.15) is 5.56 Å². The summed E-state index contributed by atoms with van der Waals surface area (Å²) in [6, 6.07) is -0.423. The van der Waals surface area contributed by atoms with Gasteiger partial charge in [-0.05, 0) is 12.5 Å². The molecule has 92 valence electrons. The van der Waals surface area contributed by atoms with Crippen molar-refractivity contribution in [3.8, 4) is 0 Å². The lowest BCUT2D eigenvalue weighted by Gasteiger charge is -2.19. The maximum Gasteiger partial charge on any atom is 0.335 e. The second-order valence-corrected chi connectivity index (χ2v) is 3.25. The van der Waals surface area contributed by atoms with Crippen LogP contribution in [0.2, 0.25) is 0 Å². The van der Waals surface area contributed by atoms with Crippen molar-refractivity contribution in [2.45, 2.75) is 6.92 Å². The summed E-state index contributed by atoms with van der Waals surface area (Å²) in [4.78, 5) is 25.6. The van der Waals surface area contributed by atoms with Crippen molar-refractivity contribution in [2.24, 2.45) is 23.2 Å². The summed E-state index contributed by atoms with van der Waals surface area (Å²) >= 11 is 0. The lowest BCUT2D eigenvalue weighted by molar-refractivity contribution is 0.253. The topological polar surface area (TPSA) is 158 Å². The number of primary amides is 2. The molecule has 0 radical (unpaired) electrons. The Balaban J connectivity index is 3.19. The van der Waals surface area contributed by atoms with E-state index < -0.39 is 12.1 Å². The summed E-state index contributed by atoms with van der Waals surface area (Å²) in [5.74, 6) is 10.8. The third-order valence-corrected chi connectivity index (χ3v) is 2.04. The van der Waals surface area contributed by atoms with E-state index in [0.29, 0.717) is 10.6 Å². The number of carbonyl (C=O) groups is 2. The van der Waals surface area contributed by atoms with Gasteiger partial charge in [-0.1, -0.05) is 0 Å². The molecule has 0 aliphatic heterocycles. The van der Waals surface area contributed by atoms with Crippen LogP contribution in [-0.2, 0) is 0 Å². The molecule has 0 saturated carbocycles. The Labute approximate surface area is 96.9 Å². The van der Waals surface area contributed by atoms with Crippen LogP contribution < -0.4 is 33.2 Å². The van der Waals surface area contributed by atoms with E-state index >= 15 is 0 Å². The number of hydrazine groups is 2. The number of carbonyl (C=O) groups excluding carboxylic acids is 2. The molecular weight excluding hydrogens is 226 g/mol. The second kappa shape index (κ2) is 4.63. The minimum Gasteiger partial charge on any atom is -0.350 e. The highest BCUT2D eigenvalue weighted by Gasteiger charge is 2.15. The third kappa shape index (κ3) is 2.59. The Morgan fingerprint density at radius 3 is 2.18 bits per heavy atom. The van der Waals surface area contributed by atoms with Gasteiger partial charge in [-0.3, -0.25) is 0 Å². The van der Waals surface area contributed by atoms with Crippen molar-refractivity contribution in [2.75, 3.05) is 10.0 Å². The molecule has 0 aliphatic carbocycles. The van der Waals surface area contributed by atoms with E-state index in [0.717, 1.165) is 5.01 Å². The SMILES string of the molecule is Cc1cnc(N(N)C(N)=O)cc1N(N)C(N)=O. The molecule has 0 unspecified atom stereocenters. The first-order valence-corrected chi connectivity index (χ1v) is 4.49. The number of urea groups is 2. The molecule has 1 rings (SSSR count). The maximum absolute atomic E-state index is 10.9. The first-order valence-electron chi connectivity index (χ1n) is 4.49. The predicted octanol–water partition coefficient (Wildman–Crippen LogP) is -1.09. The standard InChI is InChI=1S/C8H13N7O2/c1-4-3-13-6(15(12)8(10)17)2-5(4)14(11)7(9)16/h2-3H,11-12H2,1H3,(H2,9,16)(H2,10,17). The normalized spacial score (nSPS) is 9.82. The lowest BCUT2D eigenvalue weighted by Crippen LogP contribution is -2.44. The van der Waals surface area contributed by atoms with Crippen molar-refractivity contribution < 1.29 is 9.59 Å². The molecule has 0 spiro atoms. The number of aromatic nitrogens is 1. The molecule has 8 N–H and O–H groups in total. The third-order valence-electron chi connectivity index (χ3n) is 2.04. The van der Waals surface area contributed by atoms with Gasteiger partial charge in [-0.2, -0.15) is 0 Å². The van der Waals surface area contributed by atoms with Crippen molar-refractivity contribution >= 4 is 23.6 Å². The maximum atomic E-state index is 10.9. The smallest absolute Gasteiger partial charge is 0.335 e. The average molecular weight is 239 g/mol. The first-order chi connectivity index (χ1) is 7.84. The van der Waals surface area contributed by atoms with Gasteiger partial charge < -0.3 is 11.5 Å². The molecule has 1 aromatic heterocycles. The molecule has 0 aliphatic rings. The van der Waals surface area contributed by atoms with Crippen molar-refractivity contribution in [3.63, 3.8) is 0 Å². The minimum atomic E-state index is -0.894. The Kier molecular flexibility index (Phi) is 3.46. The van der Waals surface area contributed by atoms with E-state index in [-0.39, 0.29) is 11.5 Å². The van der Waals surface area contributed by atoms with Crippen LogP contribution in [0.15, 0.2) is 12.3 Å². The van der Waals surface area contributed by atoms with E-state index in [1.165, 1.54) is 12.3 Å². The zero-order chi connectivity index (χ0) is 13.2. The van der Waals surface area contributed by atoms with E-state index in [1.54, 1.807) is 6.92 Å². The molecule has 1 aromatic rings. The van der Waals surface area contributed by atoms with Crippen LogP contribution in [0.3, 0.4) is 0 Å². The molecule has 9 heteroatoms. The van der Waals surface area contributed by atoms with E-state index in [1.807, 2.05) is 0 Å². The first kappa shape index (κ1) is 12.7. The van der Waals surface area contributed by atoms with Crippen LogP contribution >= 0.6 is 0 Å². The van der Waals surface area contributed by atoms with Gasteiger partial charge in [0.1, 0.15) is 0 Å². The van der Waals surface area contributed by atoms with Crippen LogP contribution in [0.4, 0.5) is 21.1 Å². The second-order valence-electron chi connectivity index (χ2n) is 3.25. The van der Waals surface area contributed by atoms with Crippen molar-refractivity contribution in [1.82, 2.24) is 4.98 Å². The van der Waals surface area contributed by atoms with Crippen molar-refractivity contribution in [3.05, 3.63) is 17.8 Å². The number of hydrogen-bond acceptors (Lipinski definition) is 5. The van der Waals surface area contributed by atoms with Gasteiger partial charge in [-0.25, -0.2) is 36.3 Å². The number of nitrogens with zero attached hydrogens (tertiary/aromatic N) is 3. The zero-order valence-corrected chi connectivity index (χ0v) is 9.12. The largest absolute Gasteiger partial charge is 0.350 e. The highest BCUT2D eigenvalue weighted by molar-refractivity contribution is 5.92. The van der Waals surface area contributed by atoms with Gasteiger partial charge in [0.2, 0.25) is 0 Å². The van der Waals surface area contributed by atoms with E-state index in [4.69, 9.17) is 23.2 Å². The quantitative estimate of drug-likeness (QED) is 0.293. The number of pyridine rings is 1. The van der Waals surface area contributed by atoms with Gasteiger partial charge in [0.05, 0.1) is 5.69 Å². The summed E-state index contributed by atoms with van der Waals surface area (Å²) in [6.07, 6.45) is 1.39. The molecule has 0 bridgehead atoms. The Bertz CT molecular complexity index is 461. The average Bonchev–Trinajstić information content (AvgIpc) is 2.27. The molecule has 0 saturated heterocycles. The number of rotatable bonds is 2. The number of aryl methyl sites for hydroxylation is 1. The molecule has 0 fully saturated rings. The Morgan fingerprint density at radius 1 is 1.18 bits per heavy atom. The Morgan fingerprint density at radius 2 is 1.71 bits per heavy atom. The zero-order valence-electron chi connectivity index (χ0n) is 9.12. The minimum absolute atomic E-state index is 0.0507. The fourth-order valence-electron chi connectivity index (χ4n) is 1.13. The molecule has 4 amide bonds. The van der Waals surface area contributed by atoms with Gasteiger partial charge in [-0.15, -0.1) is 0 Å². The predicted molar refractivity (Wildman–Crippen MR) is 61.5 cm³/mol. The highest BCUT2D eigenvalue weighted by Crippen LogP contribution is 2.21. The summed E-state index contributed by atoms with van der Waals surface area (Å²) < 4.78 is 0. The van der Waals surface area contributed by atoms with Crippen molar-refractivity contribution in [1.29, 1.82) is 0 Å². The number of amides is 4. The Hall–Kier alpha value is -2.39. The number of nitrogens with two attached hydrogens (primary N) is 4. The summed E-state index contributed by atoms with van der Waals surface area (Å²) in [5.41, 5.74) is 10.9. The van der Waals surface area contributed by atoms with Crippen LogP contribution in [-0.4, -0.2) is 17.0 Å². The molecule has 17 heavy (non-hydrogen) atoms. The molecule has 0 atom stereocenters. The molecular formula is C8H13N7O2. The molecule has 0 aromatic carbocycles. The summed E-state index contributed by atoms with van der Waals surface area (Å²) in [6.45, 7) is 1.67. The van der Waals surface area contributed by atoms with Gasteiger partial charge in [0.15, 0.2) is 5.82 Å². The summed E-state index contributed by atoms with van der Waals surface area (Å²) in [5, 5.41) is 1.34. The van der Waals surface area contributed by atoms with Gasteiger partial charge in [0.25, 0.3) is 0 Å². The van der Waals surface area contributed by atoms with Gasteiger partial charge in [0, 0.05) is 12.3 Å². The summed E-state index contributed by atoms with van der Waals surface area (Å²) in [7, 11) is 0. The lowest BCUT2D eigenvalue weighted by atomic mass is 10.2. The highest BCUT2D eigenvalue weighted by atomic mass is 16.2. The fourth-order valence-corrected chi connectivity index (χ4v) is 1.13. The van der Waals surface area contributed by atoms with Crippen LogP contribution in [0.25, 0.3) is 0 Å². The van der Waals surface area contributed by atoms with Gasteiger partial charge >= 0.3 is 12.1 Å². The van der Waals surface area contributed by atoms with E-state index in [2.05, 4.69) is 4.98 Å². The van der Waals surface area contributed by atoms with Crippen LogP contribution in [0, 0.1) is 6.92 Å². The molecule has 9 nitrogen and oxygen atoms in total. The number of anilines is 2.